The van der Waals surface area contributed by atoms with Crippen LogP contribution in [0.15, 0.2) is 48.8 Å². The van der Waals surface area contributed by atoms with Gasteiger partial charge in [-0.1, -0.05) is 19.3 Å². The number of nitrogens with zero attached hydrogens (tertiary/aromatic N) is 4. The number of rotatable bonds is 13. The van der Waals surface area contributed by atoms with Gasteiger partial charge in [0.1, 0.15) is 0 Å². The molecule has 7 nitrogen and oxygen atoms in total. The molecule has 0 spiro atoms. The Morgan fingerprint density at radius 3 is 1.92 bits per heavy atom. The van der Waals surface area contributed by atoms with Crippen LogP contribution in [0, 0.1) is 5.92 Å². The van der Waals surface area contributed by atoms with Crippen molar-refractivity contribution in [2.45, 2.75) is 77.1 Å². The first-order valence-electron chi connectivity index (χ1n) is 15.6. The third-order valence-electron chi connectivity index (χ3n) is 8.19. The van der Waals surface area contributed by atoms with Crippen LogP contribution in [0.3, 0.4) is 0 Å². The first kappa shape index (κ1) is 41.2. The molecule has 1 saturated carbocycles. The quantitative estimate of drug-likeness (QED) is 0.187. The average molecular weight is 729 g/mol. The van der Waals surface area contributed by atoms with E-state index in [1.54, 1.807) is 0 Å². The van der Waals surface area contributed by atoms with Crippen LogP contribution in [0.5, 0.6) is 5.75 Å². The molecule has 0 amide bonds. The Balaban J connectivity index is 0.00000676. The predicted octanol–water partition coefficient (Wildman–Crippen LogP) is 4.67. The van der Waals surface area contributed by atoms with Gasteiger partial charge in [-0.2, -0.15) is 39.5 Å². The van der Waals surface area contributed by atoms with Gasteiger partial charge in [0.15, 0.2) is 5.75 Å². The van der Waals surface area contributed by atoms with Crippen LogP contribution in [0.4, 0.5) is 51.1 Å². The van der Waals surface area contributed by atoms with Gasteiger partial charge >= 0.3 is 48.1 Å². The standard InChI is InChI=1S/C33H35F9N4O3.Na/c1-2-45(18-21-6-4-3-5-7-21)28-9-8-24(31(34,35)36)14-23(28)20-46(30-43-16-27(17-44-30)49-11-10-29(47)48)19-22-12-25(32(37,38)39)15-26(13-22)33(40,41)42;/h8-9,12-17,21H,2-7,10-11,18-20H2,1H3,(H,47,48);/q;+1/p-1. The summed E-state index contributed by atoms with van der Waals surface area (Å²) in [6.07, 6.45) is -8.22. The predicted molar refractivity (Wildman–Crippen MR) is 159 cm³/mol. The SMILES string of the molecule is CCN(CC1CCCCC1)c1ccc(C(F)(F)F)cc1CN(Cc1cc(C(F)(F)F)cc(C(F)(F)F)c1)c1ncc(OCCC(=O)[O-])cn1.[Na+]. The maximum absolute atomic E-state index is 14.0. The number of carbonyl (C=O) groups excluding carboxylic acids is 1. The van der Waals surface area contributed by atoms with Gasteiger partial charge < -0.3 is 24.4 Å². The average Bonchev–Trinajstić information content (AvgIpc) is 3.03. The van der Waals surface area contributed by atoms with Crippen molar-refractivity contribution in [3.63, 3.8) is 0 Å². The van der Waals surface area contributed by atoms with Crippen LogP contribution >= 0.6 is 0 Å². The molecule has 4 rings (SSSR count). The molecule has 1 heterocycles. The summed E-state index contributed by atoms with van der Waals surface area (Å²) < 4.78 is 129. The Morgan fingerprint density at radius 2 is 1.40 bits per heavy atom. The number of hydrogen-bond acceptors (Lipinski definition) is 7. The van der Waals surface area contributed by atoms with Crippen LogP contribution in [-0.2, 0) is 36.4 Å². The number of alkyl halides is 9. The normalized spacial score (nSPS) is 14.2. The maximum Gasteiger partial charge on any atom is 1.00 e. The second kappa shape index (κ2) is 17.3. The number of anilines is 2. The number of carboxylic acid groups (broad SMARTS) is 1. The summed E-state index contributed by atoms with van der Waals surface area (Å²) in [5.74, 6) is -1.34. The summed E-state index contributed by atoms with van der Waals surface area (Å²) in [5, 5.41) is 10.7. The minimum Gasteiger partial charge on any atom is -0.550 e. The molecule has 17 heteroatoms. The number of aliphatic carboxylic acids is 1. The molecule has 0 atom stereocenters. The van der Waals surface area contributed by atoms with Crippen LogP contribution in [0.1, 0.15) is 73.3 Å². The van der Waals surface area contributed by atoms with E-state index in [1.807, 2.05) is 11.8 Å². The molecule has 0 saturated heterocycles. The smallest absolute Gasteiger partial charge is 0.550 e. The summed E-state index contributed by atoms with van der Waals surface area (Å²) in [6, 6.07) is 4.23. The topological polar surface area (TPSA) is 81.6 Å². The van der Waals surface area contributed by atoms with Crippen LogP contribution in [-0.4, -0.2) is 35.6 Å². The fourth-order valence-electron chi connectivity index (χ4n) is 5.81. The second-order valence-corrected chi connectivity index (χ2v) is 11.8. The van der Waals surface area contributed by atoms with E-state index in [1.165, 1.54) is 11.0 Å². The molecule has 268 valence electrons. The third-order valence-corrected chi connectivity index (χ3v) is 8.19. The van der Waals surface area contributed by atoms with Gasteiger partial charge in [0, 0.05) is 44.3 Å². The van der Waals surface area contributed by atoms with E-state index in [4.69, 9.17) is 4.74 Å². The monoisotopic (exact) mass is 728 g/mol. The fourth-order valence-corrected chi connectivity index (χ4v) is 5.81. The van der Waals surface area contributed by atoms with E-state index in [-0.39, 0.29) is 59.5 Å². The number of hydrogen-bond donors (Lipinski definition) is 0. The van der Waals surface area contributed by atoms with Gasteiger partial charge in [-0.05, 0) is 73.2 Å². The molecule has 1 aliphatic rings. The third kappa shape index (κ3) is 11.7. The van der Waals surface area contributed by atoms with E-state index >= 15 is 0 Å². The number of benzene rings is 2. The van der Waals surface area contributed by atoms with Crippen molar-refractivity contribution in [1.82, 2.24) is 9.97 Å². The minimum atomic E-state index is -5.13. The molecule has 0 bridgehead atoms. The summed E-state index contributed by atoms with van der Waals surface area (Å²) in [7, 11) is 0. The maximum atomic E-state index is 14.0. The zero-order chi connectivity index (χ0) is 36.0. The molecule has 3 aromatic rings. The molecule has 1 aliphatic carbocycles. The molecule has 2 aromatic carbocycles. The van der Waals surface area contributed by atoms with Crippen molar-refractivity contribution in [3.8, 4) is 5.75 Å². The number of carboxylic acids is 1. The largest absolute Gasteiger partial charge is 1.00 e. The zero-order valence-corrected chi connectivity index (χ0v) is 29.4. The number of aromatic nitrogens is 2. The molecule has 0 aliphatic heterocycles. The van der Waals surface area contributed by atoms with Gasteiger partial charge in [0.25, 0.3) is 0 Å². The van der Waals surface area contributed by atoms with Gasteiger partial charge in [-0.15, -0.1) is 0 Å². The Morgan fingerprint density at radius 1 is 0.820 bits per heavy atom. The summed E-state index contributed by atoms with van der Waals surface area (Å²) in [5.41, 5.74) is -4.01. The first-order valence-corrected chi connectivity index (χ1v) is 15.6. The molecule has 0 radical (unpaired) electrons. The molecule has 0 N–H and O–H groups in total. The first-order chi connectivity index (χ1) is 22.9. The van der Waals surface area contributed by atoms with Crippen molar-refractivity contribution in [2.75, 3.05) is 29.5 Å². The van der Waals surface area contributed by atoms with E-state index in [9.17, 15) is 49.4 Å². The van der Waals surface area contributed by atoms with Crippen LogP contribution in [0.25, 0.3) is 0 Å². The van der Waals surface area contributed by atoms with Crippen molar-refractivity contribution in [1.29, 1.82) is 0 Å². The number of halogens is 9. The summed E-state index contributed by atoms with van der Waals surface area (Å²) >= 11 is 0. The van der Waals surface area contributed by atoms with Crippen molar-refractivity contribution in [3.05, 3.63) is 76.6 Å². The van der Waals surface area contributed by atoms with Crippen molar-refractivity contribution < 1.29 is 83.7 Å². The van der Waals surface area contributed by atoms with Gasteiger partial charge in [-0.25, -0.2) is 9.97 Å². The Labute approximate surface area is 305 Å². The summed E-state index contributed by atoms with van der Waals surface area (Å²) in [4.78, 5) is 22.0. The van der Waals surface area contributed by atoms with E-state index < -0.39 is 66.3 Å². The van der Waals surface area contributed by atoms with Gasteiger partial charge in [-0.3, -0.25) is 0 Å². The zero-order valence-electron chi connectivity index (χ0n) is 27.4. The van der Waals surface area contributed by atoms with Crippen LogP contribution in [0.2, 0.25) is 0 Å². The molecule has 50 heavy (non-hydrogen) atoms. The van der Waals surface area contributed by atoms with E-state index in [0.29, 0.717) is 36.8 Å². The Hall–Kier alpha value is -3.24. The Bertz CT molecular complexity index is 1530. The number of ether oxygens (including phenoxy) is 1. The minimum absolute atomic E-state index is 0. The van der Waals surface area contributed by atoms with Crippen LogP contribution < -0.4 is 49.2 Å². The molecule has 0 unspecified atom stereocenters. The summed E-state index contributed by atoms with van der Waals surface area (Å²) in [6.45, 7) is 1.43. The van der Waals surface area contributed by atoms with E-state index in [0.717, 1.165) is 56.6 Å². The molecular formula is C33H34F9N4NaO3. The molecule has 1 fully saturated rings. The molecular weight excluding hydrogens is 694 g/mol. The van der Waals surface area contributed by atoms with Gasteiger partial charge in [0.05, 0.1) is 35.7 Å². The Kier molecular flexibility index (Phi) is 14.3. The van der Waals surface area contributed by atoms with Crippen molar-refractivity contribution >= 4 is 17.6 Å². The van der Waals surface area contributed by atoms with E-state index in [2.05, 4.69) is 9.97 Å². The van der Waals surface area contributed by atoms with Gasteiger partial charge in [0.2, 0.25) is 5.95 Å². The number of carbonyl (C=O) groups is 1. The second-order valence-electron chi connectivity index (χ2n) is 11.8. The molecule has 1 aromatic heterocycles. The fraction of sp³-hybridized carbons (Fsp3) is 0.485. The van der Waals surface area contributed by atoms with Crippen molar-refractivity contribution in [2.24, 2.45) is 5.92 Å².